The number of para-hydroxylation sites is 1. The van der Waals surface area contributed by atoms with Gasteiger partial charge in [-0.3, -0.25) is 14.4 Å². The number of halogens is 1. The van der Waals surface area contributed by atoms with Crippen LogP contribution in [0.4, 0.5) is 5.69 Å². The molecule has 8 nitrogen and oxygen atoms in total. The number of anilines is 1. The van der Waals surface area contributed by atoms with Crippen LogP contribution in [0.1, 0.15) is 52.4 Å². The van der Waals surface area contributed by atoms with Gasteiger partial charge in [0.25, 0.3) is 5.91 Å². The third-order valence-electron chi connectivity index (χ3n) is 8.86. The number of likely N-dealkylation sites (tertiary alicyclic amines) is 1. The molecule has 0 saturated carbocycles. The van der Waals surface area contributed by atoms with Crippen LogP contribution < -0.4 is 4.90 Å². The zero-order valence-electron chi connectivity index (χ0n) is 23.7. The maximum Gasteiger partial charge on any atom is 0.253 e. The van der Waals surface area contributed by atoms with E-state index in [0.717, 1.165) is 6.42 Å². The number of ether oxygens (including phenoxy) is 1. The highest BCUT2D eigenvalue weighted by Crippen LogP contribution is 2.64. The molecule has 0 aliphatic carbocycles. The van der Waals surface area contributed by atoms with Gasteiger partial charge in [0.1, 0.15) is 11.6 Å². The minimum atomic E-state index is -1.13. The summed E-state index contributed by atoms with van der Waals surface area (Å²) >= 11 is 6.54. The van der Waals surface area contributed by atoms with Crippen molar-refractivity contribution >= 4 is 35.0 Å². The standard InChI is InChI=1S/C31H42ClN3O5/c1-5-17-33(18-6-2)27(37)24-25-28(38)35(20-11-12-21-36)26(31(25)16-15-30(24,8-4)40-31)29(39)34(19-7-3)23-14-10-9-13-22(23)32/h5,7,9-10,13-14,24-26,36H,1,3,6,8,11-12,15-21H2,2,4H3/t24-,25-,26?,30+,31?/m0/s1. The van der Waals surface area contributed by atoms with Crippen LogP contribution in [-0.2, 0) is 19.1 Å². The van der Waals surface area contributed by atoms with Gasteiger partial charge in [0.2, 0.25) is 11.8 Å². The van der Waals surface area contributed by atoms with Crippen molar-refractivity contribution in [1.82, 2.24) is 9.80 Å². The van der Waals surface area contributed by atoms with Crippen molar-refractivity contribution in [3.05, 3.63) is 54.6 Å². The second kappa shape index (κ2) is 12.5. The van der Waals surface area contributed by atoms with Crippen LogP contribution in [0.15, 0.2) is 49.6 Å². The van der Waals surface area contributed by atoms with E-state index in [2.05, 4.69) is 13.2 Å². The number of carbonyl (C=O) groups is 3. The van der Waals surface area contributed by atoms with Gasteiger partial charge in [-0.25, -0.2) is 0 Å². The Morgan fingerprint density at radius 2 is 1.88 bits per heavy atom. The molecule has 3 fully saturated rings. The van der Waals surface area contributed by atoms with Gasteiger partial charge in [-0.15, -0.1) is 13.2 Å². The highest BCUT2D eigenvalue weighted by molar-refractivity contribution is 6.34. The van der Waals surface area contributed by atoms with Crippen molar-refractivity contribution in [3.63, 3.8) is 0 Å². The maximum atomic E-state index is 14.6. The minimum absolute atomic E-state index is 0.0124. The number of carbonyl (C=O) groups excluding carboxylic acids is 3. The van der Waals surface area contributed by atoms with Crippen LogP contribution in [0.25, 0.3) is 0 Å². The molecular formula is C31H42ClN3O5. The van der Waals surface area contributed by atoms with E-state index in [0.29, 0.717) is 55.9 Å². The molecule has 1 aromatic rings. The number of hydrogen-bond donors (Lipinski definition) is 1. The SMILES string of the molecule is C=CCN(CCC)C(=O)[C@@H]1[C@H]2C(=O)N(CCCCO)C(C(=O)N(CC=C)c3ccccc3Cl)C23CC[C@@]1(CC)O3. The maximum absolute atomic E-state index is 14.6. The molecule has 0 radical (unpaired) electrons. The van der Waals surface area contributed by atoms with Gasteiger partial charge in [0.15, 0.2) is 0 Å². The van der Waals surface area contributed by atoms with Gasteiger partial charge in [0.05, 0.1) is 28.1 Å². The smallest absolute Gasteiger partial charge is 0.253 e. The number of nitrogens with zero attached hydrogens (tertiary/aromatic N) is 3. The van der Waals surface area contributed by atoms with Gasteiger partial charge in [-0.2, -0.15) is 0 Å². The Bertz CT molecular complexity index is 1140. The predicted octanol–water partition coefficient (Wildman–Crippen LogP) is 4.21. The van der Waals surface area contributed by atoms with E-state index in [1.807, 2.05) is 19.9 Å². The minimum Gasteiger partial charge on any atom is -0.396 e. The molecular weight excluding hydrogens is 530 g/mol. The largest absolute Gasteiger partial charge is 0.396 e. The fourth-order valence-corrected chi connectivity index (χ4v) is 7.41. The highest BCUT2D eigenvalue weighted by atomic mass is 35.5. The number of benzene rings is 1. The lowest BCUT2D eigenvalue weighted by Gasteiger charge is -2.37. The number of aliphatic hydroxyl groups excluding tert-OH is 1. The van der Waals surface area contributed by atoms with Crippen LogP contribution in [0.3, 0.4) is 0 Å². The first-order valence-corrected chi connectivity index (χ1v) is 14.8. The first kappa shape index (κ1) is 30.3. The van der Waals surface area contributed by atoms with Gasteiger partial charge in [-0.1, -0.05) is 49.7 Å². The van der Waals surface area contributed by atoms with E-state index in [-0.39, 0.29) is 37.4 Å². The van der Waals surface area contributed by atoms with E-state index >= 15 is 0 Å². The number of fused-ring (bicyclic) bond motifs is 1. The first-order chi connectivity index (χ1) is 19.3. The summed E-state index contributed by atoms with van der Waals surface area (Å²) in [5, 5.41) is 9.85. The fraction of sp³-hybridized carbons (Fsp3) is 0.581. The quantitative estimate of drug-likeness (QED) is 0.267. The Labute approximate surface area is 242 Å². The molecule has 9 heteroatoms. The second-order valence-electron chi connectivity index (χ2n) is 11.1. The predicted molar refractivity (Wildman–Crippen MR) is 156 cm³/mol. The summed E-state index contributed by atoms with van der Waals surface area (Å²) < 4.78 is 6.90. The van der Waals surface area contributed by atoms with E-state index in [4.69, 9.17) is 16.3 Å². The Morgan fingerprint density at radius 3 is 2.50 bits per heavy atom. The summed E-state index contributed by atoms with van der Waals surface area (Å²) in [6.07, 6.45) is 6.80. The molecule has 5 atom stereocenters. The molecule has 1 aromatic carbocycles. The molecule has 2 bridgehead atoms. The molecule has 4 rings (SSSR count). The van der Waals surface area contributed by atoms with E-state index < -0.39 is 29.1 Å². The molecule has 1 spiro atoms. The van der Waals surface area contributed by atoms with Crippen molar-refractivity contribution < 1.29 is 24.2 Å². The molecule has 2 unspecified atom stereocenters. The number of unbranched alkanes of at least 4 members (excludes halogenated alkanes) is 1. The normalized spacial score (nSPS) is 28.4. The van der Waals surface area contributed by atoms with Crippen molar-refractivity contribution in [2.45, 2.75) is 69.6 Å². The van der Waals surface area contributed by atoms with E-state index in [9.17, 15) is 19.5 Å². The van der Waals surface area contributed by atoms with Gasteiger partial charge < -0.3 is 24.5 Å². The summed E-state index contributed by atoms with van der Waals surface area (Å²) in [4.78, 5) is 48.1. The Morgan fingerprint density at radius 1 is 1.15 bits per heavy atom. The Kier molecular flexibility index (Phi) is 9.43. The van der Waals surface area contributed by atoms with Crippen molar-refractivity contribution in [2.24, 2.45) is 11.8 Å². The summed E-state index contributed by atoms with van der Waals surface area (Å²) in [5.74, 6) is -2.09. The summed E-state index contributed by atoms with van der Waals surface area (Å²) in [7, 11) is 0. The zero-order valence-corrected chi connectivity index (χ0v) is 24.4. The lowest BCUT2D eigenvalue weighted by molar-refractivity contribution is -0.151. The Hall–Kier alpha value is -2.68. The third kappa shape index (κ3) is 4.88. The molecule has 3 aliphatic rings. The number of rotatable bonds is 14. The molecule has 3 amide bonds. The molecule has 3 heterocycles. The average Bonchev–Trinajstić information content (AvgIpc) is 3.55. The van der Waals surface area contributed by atoms with Crippen LogP contribution in [0, 0.1) is 11.8 Å². The van der Waals surface area contributed by atoms with E-state index in [1.54, 1.807) is 45.1 Å². The number of amides is 3. The van der Waals surface area contributed by atoms with Crippen LogP contribution >= 0.6 is 11.6 Å². The average molecular weight is 572 g/mol. The van der Waals surface area contributed by atoms with Gasteiger partial charge in [0, 0.05) is 32.8 Å². The van der Waals surface area contributed by atoms with Gasteiger partial charge >= 0.3 is 0 Å². The highest BCUT2D eigenvalue weighted by Gasteiger charge is 2.79. The summed E-state index contributed by atoms with van der Waals surface area (Å²) in [5.41, 5.74) is -1.41. The second-order valence-corrected chi connectivity index (χ2v) is 11.5. The van der Waals surface area contributed by atoms with Crippen molar-refractivity contribution in [2.75, 3.05) is 37.7 Å². The lowest BCUT2D eigenvalue weighted by Crippen LogP contribution is -2.56. The third-order valence-corrected chi connectivity index (χ3v) is 9.18. The molecule has 40 heavy (non-hydrogen) atoms. The topological polar surface area (TPSA) is 90.4 Å². The van der Waals surface area contributed by atoms with Crippen molar-refractivity contribution in [3.8, 4) is 0 Å². The van der Waals surface area contributed by atoms with Crippen molar-refractivity contribution in [1.29, 1.82) is 0 Å². The summed E-state index contributed by atoms with van der Waals surface area (Å²) in [6.45, 7) is 13.1. The fourth-order valence-electron chi connectivity index (χ4n) is 7.18. The zero-order chi connectivity index (χ0) is 29.1. The molecule has 1 N–H and O–H groups in total. The van der Waals surface area contributed by atoms with Gasteiger partial charge in [-0.05, 0) is 50.7 Å². The van der Waals surface area contributed by atoms with Crippen LogP contribution in [-0.4, -0.2) is 82.7 Å². The first-order valence-electron chi connectivity index (χ1n) is 14.4. The number of aliphatic hydroxyl groups is 1. The molecule has 0 aromatic heterocycles. The Balaban J connectivity index is 1.82. The van der Waals surface area contributed by atoms with E-state index in [1.165, 1.54) is 0 Å². The molecule has 3 saturated heterocycles. The summed E-state index contributed by atoms with van der Waals surface area (Å²) in [6, 6.07) is 6.18. The van der Waals surface area contributed by atoms with Crippen LogP contribution in [0.5, 0.6) is 0 Å². The number of hydrogen-bond acceptors (Lipinski definition) is 5. The lowest BCUT2D eigenvalue weighted by atomic mass is 9.64. The van der Waals surface area contributed by atoms with Crippen LogP contribution in [0.2, 0.25) is 5.02 Å². The molecule has 218 valence electrons. The molecule has 3 aliphatic heterocycles. The monoisotopic (exact) mass is 571 g/mol.